The normalized spacial score (nSPS) is 15.8. The topological polar surface area (TPSA) is 66.8 Å². The van der Waals surface area contributed by atoms with Crippen LogP contribution in [0.15, 0.2) is 60.9 Å². The summed E-state index contributed by atoms with van der Waals surface area (Å²) in [7, 11) is 0. The fourth-order valence-electron chi connectivity index (χ4n) is 4.72. The average Bonchev–Trinajstić information content (AvgIpc) is 3.31. The molecule has 6 heteroatoms. The fraction of sp³-hybridized carbons (Fsp3) is 0.433. The van der Waals surface area contributed by atoms with Crippen LogP contribution in [0.4, 0.5) is 0 Å². The van der Waals surface area contributed by atoms with Crippen molar-refractivity contribution in [1.29, 1.82) is 0 Å². The second-order valence-electron chi connectivity index (χ2n) is 9.54. The van der Waals surface area contributed by atoms with Crippen LogP contribution in [0.25, 0.3) is 11.1 Å². The van der Waals surface area contributed by atoms with Gasteiger partial charge in [0.2, 0.25) is 0 Å². The molecule has 1 unspecified atom stereocenters. The molecule has 4 rings (SSSR count). The minimum absolute atomic E-state index is 0.165. The maximum Gasteiger partial charge on any atom is 0.122 e. The number of hydrogen-bond donors (Lipinski definition) is 2. The van der Waals surface area contributed by atoms with Crippen LogP contribution < -0.4 is 14.8 Å². The fourth-order valence-corrected chi connectivity index (χ4v) is 4.72. The van der Waals surface area contributed by atoms with Gasteiger partial charge in [-0.15, -0.1) is 0 Å². The van der Waals surface area contributed by atoms with Crippen molar-refractivity contribution in [1.82, 2.24) is 15.2 Å². The summed E-state index contributed by atoms with van der Waals surface area (Å²) in [5, 5.41) is 13.1. The van der Waals surface area contributed by atoms with Crippen LogP contribution in [0, 0.1) is 13.8 Å². The van der Waals surface area contributed by atoms with Gasteiger partial charge in [-0.25, -0.2) is 0 Å². The number of β-amino-alcohol motifs (C(OH)–C–C–N with tert-alkyl or cyclic N) is 1. The third-order valence-electron chi connectivity index (χ3n) is 6.82. The number of nitrogens with one attached hydrogen (secondary N) is 1. The number of hydrogen-bond acceptors (Lipinski definition) is 6. The van der Waals surface area contributed by atoms with E-state index >= 15 is 0 Å². The molecule has 36 heavy (non-hydrogen) atoms. The molecule has 0 bridgehead atoms. The molecule has 0 spiro atoms. The Balaban J connectivity index is 1.28. The number of likely N-dealkylation sites (tertiary alicyclic amines) is 1. The van der Waals surface area contributed by atoms with Crippen molar-refractivity contribution in [3.05, 3.63) is 77.6 Å². The average molecular weight is 490 g/mol. The van der Waals surface area contributed by atoms with Crippen LogP contribution in [0.5, 0.6) is 11.5 Å². The Morgan fingerprint density at radius 2 is 1.56 bits per heavy atom. The van der Waals surface area contributed by atoms with Gasteiger partial charge in [0.05, 0.1) is 19.3 Å². The van der Waals surface area contributed by atoms with E-state index < -0.39 is 0 Å². The lowest BCUT2D eigenvalue weighted by Gasteiger charge is -2.18. The minimum atomic E-state index is -0.165. The van der Waals surface area contributed by atoms with Gasteiger partial charge in [0.1, 0.15) is 11.5 Å². The molecule has 6 nitrogen and oxygen atoms in total. The molecule has 0 saturated carbocycles. The second kappa shape index (κ2) is 13.4. The quantitative estimate of drug-likeness (QED) is 0.338. The Bertz CT molecular complexity index is 1090. The van der Waals surface area contributed by atoms with Crippen LogP contribution >= 0.6 is 0 Å². The Hall–Kier alpha value is -2.93. The van der Waals surface area contributed by atoms with E-state index in [1.807, 2.05) is 36.7 Å². The van der Waals surface area contributed by atoms with Crippen molar-refractivity contribution >= 4 is 0 Å². The maximum absolute atomic E-state index is 9.69. The van der Waals surface area contributed by atoms with Gasteiger partial charge >= 0.3 is 0 Å². The third kappa shape index (κ3) is 7.29. The number of aliphatic hydroxyl groups is 1. The predicted molar refractivity (Wildman–Crippen MR) is 145 cm³/mol. The van der Waals surface area contributed by atoms with Crippen LogP contribution in [0.1, 0.15) is 36.0 Å². The molecule has 1 fully saturated rings. The highest BCUT2D eigenvalue weighted by molar-refractivity contribution is 5.74. The summed E-state index contributed by atoms with van der Waals surface area (Å²) in [5.41, 5.74) is 5.89. The lowest BCUT2D eigenvalue weighted by atomic mass is 9.95. The molecule has 1 aromatic heterocycles. The summed E-state index contributed by atoms with van der Waals surface area (Å²) in [6.07, 6.45) is 6.25. The van der Waals surface area contributed by atoms with Crippen LogP contribution in [0.2, 0.25) is 0 Å². The first kappa shape index (κ1) is 26.1. The lowest BCUT2D eigenvalue weighted by Crippen LogP contribution is -2.24. The van der Waals surface area contributed by atoms with Gasteiger partial charge in [-0.05, 0) is 91.7 Å². The Morgan fingerprint density at radius 1 is 0.917 bits per heavy atom. The van der Waals surface area contributed by atoms with E-state index in [4.69, 9.17) is 9.47 Å². The monoisotopic (exact) mass is 489 g/mol. The highest BCUT2D eigenvalue weighted by atomic mass is 16.5. The van der Waals surface area contributed by atoms with Gasteiger partial charge in [-0.2, -0.15) is 0 Å². The van der Waals surface area contributed by atoms with Crippen molar-refractivity contribution < 1.29 is 14.6 Å². The van der Waals surface area contributed by atoms with Crippen molar-refractivity contribution in [3.8, 4) is 22.6 Å². The van der Waals surface area contributed by atoms with E-state index in [1.165, 1.54) is 16.7 Å². The smallest absolute Gasteiger partial charge is 0.122 e. The Labute approximate surface area is 215 Å². The van der Waals surface area contributed by atoms with E-state index in [-0.39, 0.29) is 6.10 Å². The van der Waals surface area contributed by atoms with Crippen LogP contribution in [-0.4, -0.2) is 60.5 Å². The first-order valence-corrected chi connectivity index (χ1v) is 13.1. The molecular weight excluding hydrogens is 450 g/mol. The molecule has 1 aliphatic heterocycles. The van der Waals surface area contributed by atoms with Crippen molar-refractivity contribution in [3.63, 3.8) is 0 Å². The zero-order chi connectivity index (χ0) is 25.2. The summed E-state index contributed by atoms with van der Waals surface area (Å²) >= 11 is 0. The first-order chi connectivity index (χ1) is 17.6. The minimum Gasteiger partial charge on any atom is -0.493 e. The molecule has 2 N–H and O–H groups in total. The second-order valence-corrected chi connectivity index (χ2v) is 9.54. The molecule has 3 aromatic rings. The SMILES string of the molecule is Cc1c(OCCCNCc2ccncc2)cccc1-c1cccc(OCCCN2CCC(O)C2)c1C. The number of nitrogens with zero attached hydrogens (tertiary/aromatic N) is 2. The largest absolute Gasteiger partial charge is 0.493 e. The van der Waals surface area contributed by atoms with E-state index in [9.17, 15) is 5.11 Å². The van der Waals surface area contributed by atoms with Gasteiger partial charge in [0.25, 0.3) is 0 Å². The third-order valence-corrected chi connectivity index (χ3v) is 6.82. The Morgan fingerprint density at radius 3 is 2.17 bits per heavy atom. The van der Waals surface area contributed by atoms with Crippen LogP contribution in [0.3, 0.4) is 0 Å². The van der Waals surface area contributed by atoms with Crippen molar-refractivity contribution in [2.75, 3.05) is 39.4 Å². The number of benzene rings is 2. The summed E-state index contributed by atoms with van der Waals surface area (Å²) < 4.78 is 12.3. The molecule has 0 radical (unpaired) electrons. The molecule has 2 heterocycles. The van der Waals surface area contributed by atoms with Gasteiger partial charge < -0.3 is 24.8 Å². The van der Waals surface area contributed by atoms with Crippen LogP contribution in [-0.2, 0) is 6.54 Å². The Kier molecular flexibility index (Phi) is 9.73. The highest BCUT2D eigenvalue weighted by Gasteiger charge is 2.19. The molecule has 2 aromatic carbocycles. The maximum atomic E-state index is 9.69. The van der Waals surface area contributed by atoms with Gasteiger partial charge in [0, 0.05) is 38.6 Å². The zero-order valence-electron chi connectivity index (χ0n) is 21.6. The molecule has 192 valence electrons. The van der Waals surface area contributed by atoms with E-state index in [1.54, 1.807) is 0 Å². The predicted octanol–water partition coefficient (Wildman–Crippen LogP) is 4.76. The number of pyridine rings is 1. The number of rotatable bonds is 13. The van der Waals surface area contributed by atoms with Gasteiger partial charge in [-0.1, -0.05) is 24.3 Å². The molecule has 0 aliphatic carbocycles. The van der Waals surface area contributed by atoms with Crippen molar-refractivity contribution in [2.45, 2.75) is 45.8 Å². The summed E-state index contributed by atoms with van der Waals surface area (Å²) in [4.78, 5) is 6.36. The van der Waals surface area contributed by atoms with E-state index in [0.29, 0.717) is 13.2 Å². The summed E-state index contributed by atoms with van der Waals surface area (Å²) in [6, 6.07) is 16.6. The molecule has 1 atom stereocenters. The number of aromatic nitrogens is 1. The van der Waals surface area contributed by atoms with Gasteiger partial charge in [0.15, 0.2) is 0 Å². The molecule has 1 saturated heterocycles. The molecule has 0 amide bonds. The van der Waals surface area contributed by atoms with E-state index in [0.717, 1.165) is 74.6 Å². The lowest BCUT2D eigenvalue weighted by molar-refractivity contribution is 0.173. The first-order valence-electron chi connectivity index (χ1n) is 13.1. The summed E-state index contributed by atoms with van der Waals surface area (Å²) in [5.74, 6) is 1.86. The van der Waals surface area contributed by atoms with E-state index in [2.05, 4.69) is 53.3 Å². The van der Waals surface area contributed by atoms with Gasteiger partial charge in [-0.3, -0.25) is 4.98 Å². The zero-order valence-corrected chi connectivity index (χ0v) is 21.6. The molecular formula is C30H39N3O3. The number of ether oxygens (including phenoxy) is 2. The standard InChI is InChI=1S/C30H39N3O3/c1-23-27(7-3-9-29(23)35-19-5-14-32-21-25-11-15-31-16-12-25)28-8-4-10-30(24(28)2)36-20-6-17-33-18-13-26(34)22-33/h3-4,7-12,15-16,26,32,34H,5-6,13-14,17-22H2,1-2H3. The highest BCUT2D eigenvalue weighted by Crippen LogP contribution is 2.35. The van der Waals surface area contributed by atoms with Crippen molar-refractivity contribution in [2.24, 2.45) is 0 Å². The summed E-state index contributed by atoms with van der Waals surface area (Å²) in [6.45, 7) is 10.1. The number of aliphatic hydroxyl groups excluding tert-OH is 1. The molecule has 1 aliphatic rings.